The van der Waals surface area contributed by atoms with E-state index in [-0.39, 0.29) is 17.1 Å². The minimum Gasteiger partial charge on any atom is -0.504 e. The van der Waals surface area contributed by atoms with Gasteiger partial charge in [-0.15, -0.1) is 0 Å². The molecule has 0 aliphatic rings. The topological polar surface area (TPSA) is 50.4 Å². The molecule has 1 aromatic heterocycles. The second kappa shape index (κ2) is 3.38. The zero-order valence-corrected chi connectivity index (χ0v) is 9.88. The minimum absolute atomic E-state index is 0.0891. The minimum atomic E-state index is -0.191. The number of ketones is 1. The van der Waals surface area contributed by atoms with E-state index in [1.54, 1.807) is 13.0 Å². The van der Waals surface area contributed by atoms with E-state index in [0.717, 1.165) is 9.86 Å². The summed E-state index contributed by atoms with van der Waals surface area (Å²) in [5.41, 5.74) is 0.621. The molecule has 0 bridgehead atoms. The van der Waals surface area contributed by atoms with Gasteiger partial charge < -0.3 is 9.52 Å². The van der Waals surface area contributed by atoms with E-state index in [9.17, 15) is 9.90 Å². The molecule has 1 heterocycles. The molecule has 0 spiro atoms. The van der Waals surface area contributed by atoms with Crippen molar-refractivity contribution in [2.75, 3.05) is 0 Å². The molecule has 0 aliphatic heterocycles. The van der Waals surface area contributed by atoms with Gasteiger partial charge in [-0.1, -0.05) is 15.9 Å². The fourth-order valence-electron chi connectivity index (χ4n) is 1.53. The van der Waals surface area contributed by atoms with Gasteiger partial charge in [-0.3, -0.25) is 4.79 Å². The summed E-state index contributed by atoms with van der Waals surface area (Å²) in [5.74, 6) is 0.416. The fourth-order valence-corrected chi connectivity index (χ4v) is 2.05. The number of aryl methyl sites for hydroxylation is 1. The number of hydrogen-bond acceptors (Lipinski definition) is 3. The lowest BCUT2D eigenvalue weighted by Gasteiger charge is -2.02. The second-order valence-corrected chi connectivity index (χ2v) is 4.26. The molecule has 1 N–H and O–H groups in total. The van der Waals surface area contributed by atoms with Crippen LogP contribution in [0.1, 0.15) is 23.0 Å². The summed E-state index contributed by atoms with van der Waals surface area (Å²) < 4.78 is 6.09. The van der Waals surface area contributed by atoms with Crippen LogP contribution < -0.4 is 0 Å². The summed E-state index contributed by atoms with van der Waals surface area (Å²) in [5, 5.41) is 10.6. The van der Waals surface area contributed by atoms with Gasteiger partial charge in [-0.2, -0.15) is 0 Å². The average Bonchev–Trinajstić information content (AvgIpc) is 2.53. The molecule has 0 saturated carbocycles. The maximum atomic E-state index is 11.2. The number of Topliss-reactive ketones (excluding diaryl/α,β-unsaturated/α-hetero) is 1. The van der Waals surface area contributed by atoms with Crippen LogP contribution in [0.2, 0.25) is 0 Å². The zero-order valence-electron chi connectivity index (χ0n) is 8.30. The Balaban J connectivity index is 2.89. The van der Waals surface area contributed by atoms with Crippen molar-refractivity contribution >= 4 is 32.7 Å². The first kappa shape index (κ1) is 10.2. The summed E-state index contributed by atoms with van der Waals surface area (Å²) in [6.07, 6.45) is 0. The Morgan fingerprint density at radius 3 is 2.73 bits per heavy atom. The highest BCUT2D eigenvalue weighted by molar-refractivity contribution is 9.10. The summed E-state index contributed by atoms with van der Waals surface area (Å²) in [4.78, 5) is 11.2. The molecular weight excluding hydrogens is 260 g/mol. The summed E-state index contributed by atoms with van der Waals surface area (Å²) in [6, 6.07) is 3.41. The Hall–Kier alpha value is -1.29. The number of fused-ring (bicyclic) bond motifs is 1. The van der Waals surface area contributed by atoms with Crippen molar-refractivity contribution < 1.29 is 14.3 Å². The lowest BCUT2D eigenvalue weighted by atomic mass is 10.1. The Labute approximate surface area is 94.8 Å². The van der Waals surface area contributed by atoms with Crippen LogP contribution in [-0.4, -0.2) is 10.9 Å². The third-order valence-corrected chi connectivity index (χ3v) is 2.89. The molecule has 0 unspecified atom stereocenters. The molecule has 0 atom stereocenters. The van der Waals surface area contributed by atoms with Crippen LogP contribution in [0.15, 0.2) is 21.0 Å². The van der Waals surface area contributed by atoms with Crippen molar-refractivity contribution in [2.24, 2.45) is 0 Å². The molecule has 15 heavy (non-hydrogen) atoms. The van der Waals surface area contributed by atoms with E-state index in [4.69, 9.17) is 4.42 Å². The Bertz CT molecular complexity index is 554. The predicted molar refractivity (Wildman–Crippen MR) is 60.3 cm³/mol. The number of halogens is 1. The molecule has 78 valence electrons. The SMILES string of the molecule is CC(=O)c1cc(Br)c2cc(C)oc2c1O. The maximum absolute atomic E-state index is 11.2. The van der Waals surface area contributed by atoms with E-state index in [1.165, 1.54) is 6.92 Å². The zero-order chi connectivity index (χ0) is 11.2. The third kappa shape index (κ3) is 1.55. The first-order chi connectivity index (χ1) is 7.00. The lowest BCUT2D eigenvalue weighted by molar-refractivity contribution is 0.101. The van der Waals surface area contributed by atoms with E-state index in [1.807, 2.05) is 6.07 Å². The molecule has 3 nitrogen and oxygen atoms in total. The normalized spacial score (nSPS) is 10.9. The van der Waals surface area contributed by atoms with Crippen LogP contribution in [0.4, 0.5) is 0 Å². The molecule has 0 aliphatic carbocycles. The van der Waals surface area contributed by atoms with Gasteiger partial charge in [0.1, 0.15) is 5.76 Å². The van der Waals surface area contributed by atoms with Crippen molar-refractivity contribution in [3.05, 3.63) is 27.9 Å². The van der Waals surface area contributed by atoms with Gasteiger partial charge in [0, 0.05) is 9.86 Å². The fraction of sp³-hybridized carbons (Fsp3) is 0.182. The van der Waals surface area contributed by atoms with Crippen molar-refractivity contribution in [3.63, 3.8) is 0 Å². The Morgan fingerprint density at radius 1 is 1.47 bits per heavy atom. The molecule has 0 saturated heterocycles. The van der Waals surface area contributed by atoms with E-state index >= 15 is 0 Å². The molecule has 2 aromatic rings. The second-order valence-electron chi connectivity index (χ2n) is 3.41. The first-order valence-electron chi connectivity index (χ1n) is 4.43. The van der Waals surface area contributed by atoms with Crippen LogP contribution in [0, 0.1) is 6.92 Å². The molecular formula is C11H9BrO3. The monoisotopic (exact) mass is 268 g/mol. The van der Waals surface area contributed by atoms with Gasteiger partial charge >= 0.3 is 0 Å². The number of benzene rings is 1. The Morgan fingerprint density at radius 2 is 2.13 bits per heavy atom. The van der Waals surface area contributed by atoms with Crippen LogP contribution >= 0.6 is 15.9 Å². The van der Waals surface area contributed by atoms with Crippen molar-refractivity contribution in [1.29, 1.82) is 0 Å². The number of hydrogen-bond donors (Lipinski definition) is 1. The van der Waals surface area contributed by atoms with E-state index in [0.29, 0.717) is 11.3 Å². The van der Waals surface area contributed by atoms with Crippen molar-refractivity contribution in [1.82, 2.24) is 0 Å². The molecule has 0 amide bonds. The standard InChI is InChI=1S/C11H9BrO3/c1-5-3-8-9(12)4-7(6(2)13)10(14)11(8)15-5/h3-4,14H,1-2H3. The number of furan rings is 1. The average molecular weight is 269 g/mol. The van der Waals surface area contributed by atoms with Gasteiger partial charge in [-0.05, 0) is 26.0 Å². The van der Waals surface area contributed by atoms with Crippen LogP contribution in [0.5, 0.6) is 5.75 Å². The van der Waals surface area contributed by atoms with Gasteiger partial charge in [0.15, 0.2) is 17.1 Å². The van der Waals surface area contributed by atoms with Crippen LogP contribution in [0.3, 0.4) is 0 Å². The highest BCUT2D eigenvalue weighted by Gasteiger charge is 2.16. The molecule has 4 heteroatoms. The summed E-state index contributed by atoms with van der Waals surface area (Å²) in [7, 11) is 0. The smallest absolute Gasteiger partial charge is 0.177 e. The Kier molecular flexibility index (Phi) is 2.31. The van der Waals surface area contributed by atoms with Gasteiger partial charge in [-0.25, -0.2) is 0 Å². The number of rotatable bonds is 1. The number of carbonyl (C=O) groups excluding carboxylic acids is 1. The van der Waals surface area contributed by atoms with E-state index in [2.05, 4.69) is 15.9 Å². The molecule has 0 fully saturated rings. The van der Waals surface area contributed by atoms with Crippen molar-refractivity contribution in [3.8, 4) is 5.75 Å². The van der Waals surface area contributed by atoms with Gasteiger partial charge in [0.2, 0.25) is 0 Å². The number of phenols is 1. The predicted octanol–water partition coefficient (Wildman–Crippen LogP) is 3.41. The van der Waals surface area contributed by atoms with Crippen LogP contribution in [0.25, 0.3) is 11.0 Å². The quantitative estimate of drug-likeness (QED) is 0.807. The van der Waals surface area contributed by atoms with Gasteiger partial charge in [0.25, 0.3) is 0 Å². The highest BCUT2D eigenvalue weighted by atomic mass is 79.9. The first-order valence-corrected chi connectivity index (χ1v) is 5.22. The van der Waals surface area contributed by atoms with Crippen LogP contribution in [-0.2, 0) is 0 Å². The number of aromatic hydroxyl groups is 1. The number of phenolic OH excluding ortho intramolecular Hbond substituents is 1. The van der Waals surface area contributed by atoms with Crippen molar-refractivity contribution in [2.45, 2.75) is 13.8 Å². The molecule has 2 rings (SSSR count). The highest BCUT2D eigenvalue weighted by Crippen LogP contribution is 2.36. The van der Waals surface area contributed by atoms with E-state index < -0.39 is 0 Å². The van der Waals surface area contributed by atoms with Gasteiger partial charge in [0.05, 0.1) is 5.56 Å². The summed E-state index contributed by atoms with van der Waals surface area (Å²) >= 11 is 3.34. The number of carbonyl (C=O) groups is 1. The maximum Gasteiger partial charge on any atom is 0.177 e. The third-order valence-electron chi connectivity index (χ3n) is 2.23. The summed E-state index contributed by atoms with van der Waals surface area (Å²) in [6.45, 7) is 3.20. The molecule has 0 radical (unpaired) electrons. The largest absolute Gasteiger partial charge is 0.504 e. The lowest BCUT2D eigenvalue weighted by Crippen LogP contribution is -1.92. The molecule has 1 aromatic carbocycles.